The van der Waals surface area contributed by atoms with Crippen LogP contribution >= 0.6 is 57.5 Å². The molecule has 0 aliphatic heterocycles. The zero-order valence-corrected chi connectivity index (χ0v) is 20.3. The number of ether oxygens (including phenoxy) is 2. The number of carbonyl (C=O) groups is 2. The SMILES string of the molecule is C#CCN(C(=O)Cc1c(Cl)ccc(Cl)c1OCc1cnc(Cl)s1)c1ncsc1C(=O)OC. The maximum Gasteiger partial charge on any atom is 0.351 e. The third kappa shape index (κ3) is 5.52. The minimum absolute atomic E-state index is 0.111. The van der Waals surface area contributed by atoms with E-state index in [0.717, 1.165) is 16.2 Å². The molecule has 0 aliphatic rings. The highest BCUT2D eigenvalue weighted by atomic mass is 35.5. The van der Waals surface area contributed by atoms with Crippen LogP contribution in [0.4, 0.5) is 5.82 Å². The van der Waals surface area contributed by atoms with Gasteiger partial charge in [-0.15, -0.1) is 29.1 Å². The summed E-state index contributed by atoms with van der Waals surface area (Å²) in [5, 5.41) is 0.562. The molecule has 0 atom stereocenters. The van der Waals surface area contributed by atoms with Crippen LogP contribution in [0.5, 0.6) is 5.75 Å². The summed E-state index contributed by atoms with van der Waals surface area (Å²) < 4.78 is 11.0. The maximum absolute atomic E-state index is 13.2. The Balaban J connectivity index is 1.90. The number of thiazole rings is 2. The average molecular weight is 531 g/mol. The fraction of sp³-hybridized carbons (Fsp3) is 0.200. The van der Waals surface area contributed by atoms with Crippen LogP contribution in [-0.2, 0) is 22.6 Å². The second kappa shape index (κ2) is 11.0. The first-order valence-electron chi connectivity index (χ1n) is 8.81. The number of anilines is 1. The van der Waals surface area contributed by atoms with Crippen LogP contribution in [0, 0.1) is 12.3 Å². The molecule has 12 heteroatoms. The summed E-state index contributed by atoms with van der Waals surface area (Å²) in [4.78, 5) is 35.5. The topological polar surface area (TPSA) is 81.6 Å². The standard InChI is InChI=1S/C20H14Cl3N3O4S2/c1-3-6-26(18-17(19(28)29-2)31-10-25-18)15(27)7-12-13(21)4-5-14(22)16(12)30-9-11-8-24-20(23)32-11/h1,4-5,8,10H,6-7,9H2,2H3. The van der Waals surface area contributed by atoms with Gasteiger partial charge in [0, 0.05) is 16.8 Å². The van der Waals surface area contributed by atoms with E-state index >= 15 is 0 Å². The van der Waals surface area contributed by atoms with Crippen LogP contribution in [0.25, 0.3) is 0 Å². The average Bonchev–Trinajstić information content (AvgIpc) is 3.42. The fourth-order valence-electron chi connectivity index (χ4n) is 2.67. The van der Waals surface area contributed by atoms with E-state index in [4.69, 9.17) is 50.7 Å². The number of amides is 1. The Morgan fingerprint density at radius 1 is 1.22 bits per heavy atom. The van der Waals surface area contributed by atoms with Crippen molar-refractivity contribution < 1.29 is 19.1 Å². The second-order valence-electron chi connectivity index (χ2n) is 6.06. The molecule has 0 spiro atoms. The molecular formula is C20H14Cl3N3O4S2. The molecule has 0 radical (unpaired) electrons. The monoisotopic (exact) mass is 529 g/mol. The molecule has 0 aliphatic carbocycles. The van der Waals surface area contributed by atoms with Gasteiger partial charge in [0.1, 0.15) is 12.4 Å². The maximum atomic E-state index is 13.2. The molecule has 0 saturated carbocycles. The van der Waals surface area contributed by atoms with E-state index in [9.17, 15) is 9.59 Å². The Morgan fingerprint density at radius 2 is 1.97 bits per heavy atom. The van der Waals surface area contributed by atoms with Crippen LogP contribution < -0.4 is 9.64 Å². The summed E-state index contributed by atoms with van der Waals surface area (Å²) in [5.41, 5.74) is 1.80. The summed E-state index contributed by atoms with van der Waals surface area (Å²) in [6.45, 7) is 0.0264. The van der Waals surface area contributed by atoms with Crippen molar-refractivity contribution in [2.24, 2.45) is 0 Å². The van der Waals surface area contributed by atoms with Crippen molar-refractivity contribution in [1.82, 2.24) is 9.97 Å². The molecule has 1 aromatic carbocycles. The number of aromatic nitrogens is 2. The van der Waals surface area contributed by atoms with Crippen molar-refractivity contribution in [3.05, 3.63) is 53.7 Å². The Kier molecular flexibility index (Phi) is 8.34. The molecule has 1 amide bonds. The van der Waals surface area contributed by atoms with Gasteiger partial charge in [0.05, 0.1) is 35.5 Å². The van der Waals surface area contributed by atoms with E-state index in [1.54, 1.807) is 18.3 Å². The molecular weight excluding hydrogens is 517 g/mol. The van der Waals surface area contributed by atoms with E-state index in [2.05, 4.69) is 15.9 Å². The van der Waals surface area contributed by atoms with Gasteiger partial charge in [-0.2, -0.15) is 0 Å². The van der Waals surface area contributed by atoms with Crippen LogP contribution in [0.3, 0.4) is 0 Å². The molecule has 0 unspecified atom stereocenters. The van der Waals surface area contributed by atoms with E-state index < -0.39 is 11.9 Å². The normalized spacial score (nSPS) is 10.5. The van der Waals surface area contributed by atoms with Gasteiger partial charge in [-0.05, 0) is 12.1 Å². The van der Waals surface area contributed by atoms with Crippen molar-refractivity contribution in [3.8, 4) is 18.1 Å². The molecule has 2 aromatic heterocycles. The predicted molar refractivity (Wildman–Crippen MR) is 126 cm³/mol. The molecule has 0 saturated heterocycles. The van der Waals surface area contributed by atoms with Crippen LogP contribution in [0.15, 0.2) is 23.8 Å². The quantitative estimate of drug-likeness (QED) is 0.296. The van der Waals surface area contributed by atoms with Gasteiger partial charge in [-0.3, -0.25) is 9.69 Å². The van der Waals surface area contributed by atoms with Crippen LogP contribution in [0.1, 0.15) is 20.1 Å². The number of esters is 1. The number of hydrogen-bond donors (Lipinski definition) is 0. The lowest BCUT2D eigenvalue weighted by molar-refractivity contribution is -0.117. The third-order valence-corrected chi connectivity index (χ3v) is 6.63. The fourth-order valence-corrected chi connectivity index (χ4v) is 4.72. The highest BCUT2D eigenvalue weighted by Crippen LogP contribution is 2.36. The molecule has 3 aromatic rings. The van der Waals surface area contributed by atoms with Crippen molar-refractivity contribution in [2.45, 2.75) is 13.0 Å². The summed E-state index contributed by atoms with van der Waals surface area (Å²) >= 11 is 20.9. The van der Waals surface area contributed by atoms with Gasteiger partial charge in [-0.25, -0.2) is 14.8 Å². The number of hydrogen-bond acceptors (Lipinski definition) is 8. The first kappa shape index (κ1) is 24.3. The number of carbonyl (C=O) groups excluding carboxylic acids is 2. The molecule has 3 rings (SSSR count). The summed E-state index contributed by atoms with van der Waals surface area (Å²) in [6, 6.07) is 3.14. The van der Waals surface area contributed by atoms with E-state index in [0.29, 0.717) is 10.0 Å². The number of terminal acetylenes is 1. The van der Waals surface area contributed by atoms with Gasteiger partial charge >= 0.3 is 5.97 Å². The first-order valence-corrected chi connectivity index (χ1v) is 11.6. The van der Waals surface area contributed by atoms with Crippen molar-refractivity contribution >= 4 is 75.2 Å². The molecule has 0 fully saturated rings. The summed E-state index contributed by atoms with van der Waals surface area (Å²) in [6.07, 6.45) is 6.84. The smallest absolute Gasteiger partial charge is 0.351 e. The van der Waals surface area contributed by atoms with E-state index in [1.165, 1.54) is 28.9 Å². The Morgan fingerprint density at radius 3 is 2.62 bits per heavy atom. The van der Waals surface area contributed by atoms with Crippen molar-refractivity contribution in [1.29, 1.82) is 0 Å². The highest BCUT2D eigenvalue weighted by Gasteiger charge is 2.27. The zero-order valence-electron chi connectivity index (χ0n) is 16.4. The van der Waals surface area contributed by atoms with Gasteiger partial charge in [0.15, 0.2) is 15.2 Å². The number of methoxy groups -OCH3 is 1. The lowest BCUT2D eigenvalue weighted by Crippen LogP contribution is -2.34. The summed E-state index contributed by atoms with van der Waals surface area (Å²) in [7, 11) is 1.24. The van der Waals surface area contributed by atoms with Gasteiger partial charge in [0.25, 0.3) is 0 Å². The van der Waals surface area contributed by atoms with Gasteiger partial charge in [0.2, 0.25) is 5.91 Å². The number of halogens is 3. The molecule has 32 heavy (non-hydrogen) atoms. The van der Waals surface area contributed by atoms with Crippen LogP contribution in [-0.4, -0.2) is 35.5 Å². The highest BCUT2D eigenvalue weighted by molar-refractivity contribution is 7.15. The number of rotatable bonds is 8. The largest absolute Gasteiger partial charge is 0.486 e. The Labute approximate surface area is 206 Å². The Hall–Kier alpha value is -2.35. The lowest BCUT2D eigenvalue weighted by Gasteiger charge is -2.21. The predicted octanol–water partition coefficient (Wildman–Crippen LogP) is 5.13. The second-order valence-corrected chi connectivity index (χ2v) is 9.43. The van der Waals surface area contributed by atoms with Crippen molar-refractivity contribution in [2.75, 3.05) is 18.6 Å². The van der Waals surface area contributed by atoms with Crippen molar-refractivity contribution in [3.63, 3.8) is 0 Å². The minimum atomic E-state index is -0.620. The summed E-state index contributed by atoms with van der Waals surface area (Å²) in [5.74, 6) is 1.70. The molecule has 2 heterocycles. The first-order chi connectivity index (χ1) is 15.3. The van der Waals surface area contributed by atoms with Gasteiger partial charge in [-0.1, -0.05) is 40.7 Å². The van der Waals surface area contributed by atoms with E-state index in [1.807, 2.05) is 0 Å². The minimum Gasteiger partial charge on any atom is -0.486 e. The van der Waals surface area contributed by atoms with E-state index in [-0.39, 0.29) is 46.1 Å². The lowest BCUT2D eigenvalue weighted by atomic mass is 10.1. The number of benzene rings is 1. The third-order valence-electron chi connectivity index (χ3n) is 4.09. The number of nitrogens with zero attached hydrogens (tertiary/aromatic N) is 3. The van der Waals surface area contributed by atoms with Crippen LogP contribution in [0.2, 0.25) is 14.5 Å². The van der Waals surface area contributed by atoms with Gasteiger partial charge < -0.3 is 9.47 Å². The molecule has 0 bridgehead atoms. The molecule has 0 N–H and O–H groups in total. The zero-order chi connectivity index (χ0) is 23.3. The molecule has 166 valence electrons. The molecule has 7 nitrogen and oxygen atoms in total. The Bertz CT molecular complexity index is 1190.